The van der Waals surface area contributed by atoms with Crippen LogP contribution in [-0.2, 0) is 11.2 Å². The zero-order valence-electron chi connectivity index (χ0n) is 19.2. The van der Waals surface area contributed by atoms with E-state index in [1.807, 2.05) is 48.3 Å². The second-order valence-electron chi connectivity index (χ2n) is 8.04. The standard InChI is InChI=1S/C25H29N5O3/c1-26-23-14-20(28-25(29-23)18-6-4-10-27-15-18)19-7-5-11-30(16-19)24(31)13-17-8-9-21(32-2)22(12-17)33-3/h4,6,8-10,12,14-15,19H,5,7,11,13,16H2,1-3H3,(H,26,28,29). The van der Waals surface area contributed by atoms with Crippen LogP contribution in [0.3, 0.4) is 0 Å². The maximum atomic E-state index is 13.1. The Bertz CT molecular complexity index is 1110. The SMILES string of the molecule is CNc1cc(C2CCCN(C(=O)Cc3ccc(OC)c(OC)c3)C2)nc(-c2cccnc2)n1. The third-order valence-corrected chi connectivity index (χ3v) is 5.92. The fourth-order valence-electron chi connectivity index (χ4n) is 4.15. The Kier molecular flexibility index (Phi) is 7.02. The summed E-state index contributed by atoms with van der Waals surface area (Å²) in [5.74, 6) is 2.93. The maximum absolute atomic E-state index is 13.1. The molecule has 1 unspecified atom stereocenters. The summed E-state index contributed by atoms with van der Waals surface area (Å²) >= 11 is 0. The number of hydrogen-bond donors (Lipinski definition) is 1. The monoisotopic (exact) mass is 447 g/mol. The van der Waals surface area contributed by atoms with Gasteiger partial charge in [0, 0.05) is 50.1 Å². The normalized spacial score (nSPS) is 15.7. The van der Waals surface area contributed by atoms with Gasteiger partial charge in [0.2, 0.25) is 5.91 Å². The number of pyridine rings is 1. The van der Waals surface area contributed by atoms with Crippen LogP contribution < -0.4 is 14.8 Å². The van der Waals surface area contributed by atoms with Crippen molar-refractivity contribution in [1.82, 2.24) is 19.9 Å². The number of amides is 1. The van der Waals surface area contributed by atoms with Gasteiger partial charge in [-0.25, -0.2) is 9.97 Å². The summed E-state index contributed by atoms with van der Waals surface area (Å²) in [6.45, 7) is 1.39. The first-order valence-electron chi connectivity index (χ1n) is 11.1. The molecule has 2 aromatic heterocycles. The van der Waals surface area contributed by atoms with E-state index >= 15 is 0 Å². The van der Waals surface area contributed by atoms with Crippen molar-refractivity contribution in [2.75, 3.05) is 39.7 Å². The number of anilines is 1. The number of carbonyl (C=O) groups is 1. The van der Waals surface area contributed by atoms with Crippen molar-refractivity contribution in [3.8, 4) is 22.9 Å². The van der Waals surface area contributed by atoms with Crippen molar-refractivity contribution in [1.29, 1.82) is 0 Å². The third-order valence-electron chi connectivity index (χ3n) is 5.92. The summed E-state index contributed by atoms with van der Waals surface area (Å²) in [4.78, 5) is 28.7. The molecule has 0 bridgehead atoms. The fraction of sp³-hybridized carbons (Fsp3) is 0.360. The lowest BCUT2D eigenvalue weighted by Gasteiger charge is -2.33. The number of carbonyl (C=O) groups excluding carboxylic acids is 1. The number of aromatic nitrogens is 3. The molecule has 0 aliphatic carbocycles. The molecule has 1 saturated heterocycles. The molecular formula is C25H29N5O3. The highest BCUT2D eigenvalue weighted by Gasteiger charge is 2.27. The molecule has 0 radical (unpaired) electrons. The molecule has 0 saturated carbocycles. The number of hydrogen-bond acceptors (Lipinski definition) is 7. The largest absolute Gasteiger partial charge is 0.493 e. The molecule has 3 aromatic rings. The first-order valence-corrected chi connectivity index (χ1v) is 11.1. The second kappa shape index (κ2) is 10.3. The number of likely N-dealkylation sites (tertiary alicyclic amines) is 1. The quantitative estimate of drug-likeness (QED) is 0.592. The van der Waals surface area contributed by atoms with Crippen molar-refractivity contribution in [2.45, 2.75) is 25.2 Å². The Balaban J connectivity index is 1.51. The first-order chi connectivity index (χ1) is 16.1. The van der Waals surface area contributed by atoms with E-state index in [4.69, 9.17) is 14.5 Å². The van der Waals surface area contributed by atoms with Gasteiger partial charge in [0.25, 0.3) is 0 Å². The summed E-state index contributed by atoms with van der Waals surface area (Å²) in [7, 11) is 5.04. The lowest BCUT2D eigenvalue weighted by atomic mass is 9.93. The first kappa shape index (κ1) is 22.5. The highest BCUT2D eigenvalue weighted by Crippen LogP contribution is 2.30. The van der Waals surface area contributed by atoms with Crippen molar-refractivity contribution in [3.05, 3.63) is 60.0 Å². The van der Waals surface area contributed by atoms with Crippen molar-refractivity contribution in [3.63, 3.8) is 0 Å². The van der Waals surface area contributed by atoms with Gasteiger partial charge in [-0.05, 0) is 42.7 Å². The van der Waals surface area contributed by atoms with Crippen LogP contribution in [0, 0.1) is 0 Å². The minimum atomic E-state index is 0.0994. The molecule has 8 nitrogen and oxygen atoms in total. The minimum Gasteiger partial charge on any atom is -0.493 e. The third kappa shape index (κ3) is 5.22. The van der Waals surface area contributed by atoms with E-state index in [0.29, 0.717) is 30.3 Å². The van der Waals surface area contributed by atoms with Crippen LogP contribution in [0.1, 0.15) is 30.0 Å². The number of nitrogens with zero attached hydrogens (tertiary/aromatic N) is 4. The Hall–Kier alpha value is -3.68. The highest BCUT2D eigenvalue weighted by atomic mass is 16.5. The van der Waals surface area contributed by atoms with E-state index in [0.717, 1.165) is 42.0 Å². The fourth-order valence-corrected chi connectivity index (χ4v) is 4.15. The Morgan fingerprint density at radius 3 is 2.73 bits per heavy atom. The Morgan fingerprint density at radius 1 is 1.15 bits per heavy atom. The van der Waals surface area contributed by atoms with Crippen LogP contribution in [0.15, 0.2) is 48.8 Å². The molecule has 8 heteroatoms. The van der Waals surface area contributed by atoms with Crippen LogP contribution in [0.25, 0.3) is 11.4 Å². The number of benzene rings is 1. The van der Waals surface area contributed by atoms with Gasteiger partial charge in [-0.1, -0.05) is 6.07 Å². The van der Waals surface area contributed by atoms with Gasteiger partial charge in [0.15, 0.2) is 17.3 Å². The predicted octanol–water partition coefficient (Wildman–Crippen LogP) is 3.55. The molecule has 3 heterocycles. The number of nitrogens with one attached hydrogen (secondary N) is 1. The topological polar surface area (TPSA) is 89.5 Å². The summed E-state index contributed by atoms with van der Waals surface area (Å²) in [5.41, 5.74) is 2.71. The van der Waals surface area contributed by atoms with Crippen molar-refractivity contribution in [2.24, 2.45) is 0 Å². The average Bonchev–Trinajstić information content (AvgIpc) is 2.88. The van der Waals surface area contributed by atoms with Crippen molar-refractivity contribution >= 4 is 11.7 Å². The zero-order chi connectivity index (χ0) is 23.2. The van der Waals surface area contributed by atoms with E-state index in [9.17, 15) is 4.79 Å². The van der Waals surface area contributed by atoms with Crippen LogP contribution >= 0.6 is 0 Å². The molecule has 1 amide bonds. The molecular weight excluding hydrogens is 418 g/mol. The zero-order valence-corrected chi connectivity index (χ0v) is 19.2. The molecule has 1 atom stereocenters. The molecule has 172 valence electrons. The van der Waals surface area contributed by atoms with Gasteiger partial charge in [0.1, 0.15) is 5.82 Å². The van der Waals surface area contributed by atoms with Gasteiger partial charge in [-0.3, -0.25) is 9.78 Å². The molecule has 0 spiro atoms. The Morgan fingerprint density at radius 2 is 2.00 bits per heavy atom. The highest BCUT2D eigenvalue weighted by molar-refractivity contribution is 5.79. The molecule has 1 aliphatic heterocycles. The summed E-state index contributed by atoms with van der Waals surface area (Å²) in [6, 6.07) is 11.4. The van der Waals surface area contributed by atoms with Gasteiger partial charge < -0.3 is 19.7 Å². The van der Waals surface area contributed by atoms with E-state index in [-0.39, 0.29) is 11.8 Å². The molecule has 4 rings (SSSR count). The molecule has 1 N–H and O–H groups in total. The molecule has 1 aromatic carbocycles. The smallest absolute Gasteiger partial charge is 0.227 e. The lowest BCUT2D eigenvalue weighted by Crippen LogP contribution is -2.40. The summed E-state index contributed by atoms with van der Waals surface area (Å²) in [5, 5.41) is 3.13. The molecule has 1 fully saturated rings. The molecule has 33 heavy (non-hydrogen) atoms. The number of rotatable bonds is 7. The van der Waals surface area contributed by atoms with Crippen molar-refractivity contribution < 1.29 is 14.3 Å². The van der Waals surface area contributed by atoms with Gasteiger partial charge in [-0.2, -0.15) is 0 Å². The number of piperidine rings is 1. The van der Waals surface area contributed by atoms with Crippen LogP contribution in [0.5, 0.6) is 11.5 Å². The van der Waals surface area contributed by atoms with Crippen LogP contribution in [0.2, 0.25) is 0 Å². The number of methoxy groups -OCH3 is 2. The summed E-state index contributed by atoms with van der Waals surface area (Å²) in [6.07, 6.45) is 5.73. The average molecular weight is 448 g/mol. The van der Waals surface area contributed by atoms with Crippen LogP contribution in [0.4, 0.5) is 5.82 Å². The predicted molar refractivity (Wildman–Crippen MR) is 127 cm³/mol. The van der Waals surface area contributed by atoms with Gasteiger partial charge >= 0.3 is 0 Å². The van der Waals surface area contributed by atoms with Gasteiger partial charge in [-0.15, -0.1) is 0 Å². The lowest BCUT2D eigenvalue weighted by molar-refractivity contribution is -0.131. The van der Waals surface area contributed by atoms with Crippen LogP contribution in [-0.4, -0.2) is 60.1 Å². The van der Waals surface area contributed by atoms with E-state index in [1.165, 1.54) is 0 Å². The molecule has 1 aliphatic rings. The number of ether oxygens (including phenoxy) is 2. The summed E-state index contributed by atoms with van der Waals surface area (Å²) < 4.78 is 10.7. The van der Waals surface area contributed by atoms with E-state index < -0.39 is 0 Å². The van der Waals surface area contributed by atoms with E-state index in [2.05, 4.69) is 15.3 Å². The Labute approximate surface area is 194 Å². The van der Waals surface area contributed by atoms with E-state index in [1.54, 1.807) is 26.6 Å². The minimum absolute atomic E-state index is 0.0994. The van der Waals surface area contributed by atoms with Gasteiger partial charge in [0.05, 0.1) is 26.3 Å². The second-order valence-corrected chi connectivity index (χ2v) is 8.04. The maximum Gasteiger partial charge on any atom is 0.227 e.